The third kappa shape index (κ3) is 5.45. The van der Waals surface area contributed by atoms with Crippen LogP contribution in [0.5, 0.6) is 0 Å². The van der Waals surface area contributed by atoms with Gasteiger partial charge in [0.15, 0.2) is 5.69 Å². The smallest absolute Gasteiger partial charge is 0.408 e. The number of rotatable bonds is 5. The van der Waals surface area contributed by atoms with Crippen molar-refractivity contribution in [2.75, 3.05) is 7.05 Å². The number of benzodiazepines with no additional fused rings is 1. The van der Waals surface area contributed by atoms with Gasteiger partial charge in [-0.05, 0) is 52.0 Å². The van der Waals surface area contributed by atoms with Gasteiger partial charge >= 0.3 is 12.0 Å². The lowest BCUT2D eigenvalue weighted by molar-refractivity contribution is -0.133. The van der Waals surface area contributed by atoms with Crippen LogP contribution in [0, 0.1) is 0 Å². The van der Waals surface area contributed by atoms with Gasteiger partial charge < -0.3 is 15.4 Å². The molecule has 1 aliphatic rings. The van der Waals surface area contributed by atoms with Gasteiger partial charge in [0.1, 0.15) is 11.6 Å². The zero-order valence-corrected chi connectivity index (χ0v) is 22.0. The van der Waals surface area contributed by atoms with Crippen LogP contribution < -0.4 is 15.1 Å². The molecule has 0 saturated heterocycles. The van der Waals surface area contributed by atoms with Crippen LogP contribution in [0.2, 0.25) is 0 Å². The van der Waals surface area contributed by atoms with Crippen LogP contribution in [-0.4, -0.2) is 58.4 Å². The summed E-state index contributed by atoms with van der Waals surface area (Å²) in [5.41, 5.74) is 1.58. The molecule has 0 spiro atoms. The summed E-state index contributed by atoms with van der Waals surface area (Å²) in [6.07, 6.45) is 1.20. The largest absolute Gasteiger partial charge is 0.444 e. The summed E-state index contributed by atoms with van der Waals surface area (Å²) >= 11 is 0. The summed E-state index contributed by atoms with van der Waals surface area (Å²) in [6.45, 7) is 6.68. The Morgan fingerprint density at radius 2 is 1.63 bits per heavy atom. The maximum atomic E-state index is 14.3. The monoisotopic (exact) mass is 515 g/mol. The van der Waals surface area contributed by atoms with Gasteiger partial charge in [0.25, 0.3) is 0 Å². The van der Waals surface area contributed by atoms with Gasteiger partial charge in [-0.25, -0.2) is 19.6 Å². The molecule has 10 nitrogen and oxygen atoms in total. The molecule has 4 rings (SSSR count). The van der Waals surface area contributed by atoms with Crippen molar-refractivity contribution in [2.45, 2.75) is 45.5 Å². The fourth-order valence-electron chi connectivity index (χ4n) is 4.15. The summed E-state index contributed by atoms with van der Waals surface area (Å²) in [7, 11) is 1.72. The number of ether oxygens (including phenoxy) is 1. The molecule has 0 aliphatic carbocycles. The van der Waals surface area contributed by atoms with Gasteiger partial charge in [-0.1, -0.05) is 24.3 Å². The molecule has 10 heteroatoms. The van der Waals surface area contributed by atoms with Crippen LogP contribution in [0.15, 0.2) is 78.0 Å². The summed E-state index contributed by atoms with van der Waals surface area (Å²) < 4.78 is 4.90. The Labute approximate surface area is 221 Å². The number of hydrogen-bond acceptors (Lipinski definition) is 7. The van der Waals surface area contributed by atoms with E-state index in [1.165, 1.54) is 6.92 Å². The van der Waals surface area contributed by atoms with Crippen LogP contribution in [0.25, 0.3) is 0 Å². The van der Waals surface area contributed by atoms with Crippen molar-refractivity contribution in [3.05, 3.63) is 84.3 Å². The van der Waals surface area contributed by atoms with E-state index < -0.39 is 35.7 Å². The molecule has 196 valence electrons. The topological polar surface area (TPSA) is 123 Å². The van der Waals surface area contributed by atoms with E-state index in [4.69, 9.17) is 9.73 Å². The maximum absolute atomic E-state index is 14.3. The number of nitrogens with zero attached hydrogens (tertiary/aromatic N) is 4. The van der Waals surface area contributed by atoms with Crippen molar-refractivity contribution < 1.29 is 19.1 Å². The number of nitrogens with one attached hydrogen (secondary N) is 2. The van der Waals surface area contributed by atoms with Gasteiger partial charge in [0.05, 0.1) is 24.0 Å². The molecule has 2 N–H and O–H groups in total. The van der Waals surface area contributed by atoms with Crippen molar-refractivity contribution in [1.29, 1.82) is 0 Å². The minimum Gasteiger partial charge on any atom is -0.444 e. The number of carbonyl (C=O) groups is 3. The van der Waals surface area contributed by atoms with Crippen LogP contribution in [0.1, 0.15) is 39.0 Å². The Balaban J connectivity index is 1.78. The fourth-order valence-corrected chi connectivity index (χ4v) is 4.15. The number of amides is 3. The number of aliphatic imine (C=N–C) groups is 1. The molecule has 0 fully saturated rings. The number of benzene rings is 1. The highest BCUT2D eigenvalue weighted by Crippen LogP contribution is 2.38. The van der Waals surface area contributed by atoms with Crippen molar-refractivity contribution in [3.8, 4) is 0 Å². The second-order valence-electron chi connectivity index (χ2n) is 10.0. The molecular formula is C28H31N6O4+. The normalized spacial score (nSPS) is 19.9. The van der Waals surface area contributed by atoms with Gasteiger partial charge in [-0.15, -0.1) is 0 Å². The Morgan fingerprint density at radius 3 is 2.26 bits per heavy atom. The van der Waals surface area contributed by atoms with Crippen LogP contribution in [0.3, 0.4) is 0 Å². The fraction of sp³-hybridized carbons (Fsp3) is 0.286. The molecule has 38 heavy (non-hydrogen) atoms. The average molecular weight is 516 g/mol. The molecule has 0 saturated carbocycles. The average Bonchev–Trinajstić information content (AvgIpc) is 2.98. The number of quaternary nitrogens is 1. The number of likely N-dealkylation sites (N-methyl/N-ethyl adjacent to an activating group) is 1. The van der Waals surface area contributed by atoms with Gasteiger partial charge in [-0.3, -0.25) is 9.78 Å². The van der Waals surface area contributed by atoms with E-state index in [2.05, 4.69) is 20.6 Å². The molecular weight excluding hydrogens is 484 g/mol. The molecule has 3 aromatic rings. The molecule has 3 heterocycles. The quantitative estimate of drug-likeness (QED) is 0.502. The van der Waals surface area contributed by atoms with Crippen LogP contribution >= 0.6 is 0 Å². The Hall–Kier alpha value is -4.44. The first-order chi connectivity index (χ1) is 18.0. The number of aromatic nitrogens is 2. The Kier molecular flexibility index (Phi) is 7.36. The minimum atomic E-state index is -1.30. The molecule has 2 aromatic heterocycles. The molecule has 0 radical (unpaired) electrons. The maximum Gasteiger partial charge on any atom is 0.408 e. The van der Waals surface area contributed by atoms with E-state index in [1.54, 1.807) is 70.5 Å². The van der Waals surface area contributed by atoms with Gasteiger partial charge in [0.2, 0.25) is 17.9 Å². The van der Waals surface area contributed by atoms with E-state index >= 15 is 0 Å². The standard InChI is InChI=1S/C28H30N6O4/c1-18(31-27(37)38-28(2,3)4)25(35)33-24-26(36)34(5,22-15-9-11-17-30-22)21-14-7-6-12-19(21)23(32-24)20-13-8-10-16-29-20/h6-18,24H,1-5H3,(H-,31,33,35,37)/p+1/t18-,24?,34?/m0/s1. The number of hydrogen-bond donors (Lipinski definition) is 2. The second kappa shape index (κ2) is 10.5. The summed E-state index contributed by atoms with van der Waals surface area (Å²) in [6, 6.07) is 17.1. The first-order valence-electron chi connectivity index (χ1n) is 12.2. The van der Waals surface area contributed by atoms with Gasteiger partial charge in [0, 0.05) is 24.5 Å². The van der Waals surface area contributed by atoms with Crippen LogP contribution in [0.4, 0.5) is 16.3 Å². The van der Waals surface area contributed by atoms with Crippen molar-refractivity contribution in [3.63, 3.8) is 0 Å². The molecule has 3 amide bonds. The predicted octanol–water partition coefficient (Wildman–Crippen LogP) is 3.48. The zero-order valence-electron chi connectivity index (χ0n) is 22.0. The SMILES string of the molecule is C[C@H](NC(=O)OC(C)(C)C)C(=O)NC1N=C(c2ccccn2)c2ccccc2[N+](C)(c2ccccn2)C1=O. The predicted molar refractivity (Wildman–Crippen MR) is 144 cm³/mol. The Bertz CT molecular complexity index is 1370. The lowest BCUT2D eigenvalue weighted by atomic mass is 10.0. The molecule has 1 aromatic carbocycles. The number of pyridine rings is 2. The Morgan fingerprint density at radius 1 is 0.974 bits per heavy atom. The lowest BCUT2D eigenvalue weighted by Crippen LogP contribution is -2.58. The molecule has 2 unspecified atom stereocenters. The third-order valence-corrected chi connectivity index (χ3v) is 5.99. The first kappa shape index (κ1) is 26.6. The number of carbonyl (C=O) groups excluding carboxylic acids is 3. The second-order valence-corrected chi connectivity index (χ2v) is 10.0. The lowest BCUT2D eigenvalue weighted by Gasteiger charge is -2.31. The molecule has 3 atom stereocenters. The van der Waals surface area contributed by atoms with Crippen molar-refractivity contribution in [2.24, 2.45) is 4.99 Å². The third-order valence-electron chi connectivity index (χ3n) is 5.99. The molecule has 1 aliphatic heterocycles. The van der Waals surface area contributed by atoms with Crippen LogP contribution in [-0.2, 0) is 14.3 Å². The number of alkyl carbamates (subject to hydrolysis) is 1. The van der Waals surface area contributed by atoms with Crippen molar-refractivity contribution in [1.82, 2.24) is 25.1 Å². The van der Waals surface area contributed by atoms with E-state index in [1.807, 2.05) is 30.3 Å². The number of para-hydroxylation sites is 1. The molecule has 0 bridgehead atoms. The zero-order chi connectivity index (χ0) is 27.5. The van der Waals surface area contributed by atoms with E-state index in [0.717, 1.165) is 0 Å². The number of fused-ring (bicyclic) bond motifs is 1. The highest BCUT2D eigenvalue weighted by atomic mass is 16.6. The van der Waals surface area contributed by atoms with Crippen molar-refractivity contribution >= 4 is 35.1 Å². The van der Waals surface area contributed by atoms with E-state index in [0.29, 0.717) is 28.5 Å². The van der Waals surface area contributed by atoms with E-state index in [-0.39, 0.29) is 4.48 Å². The highest BCUT2D eigenvalue weighted by molar-refractivity contribution is 6.19. The first-order valence-corrected chi connectivity index (χ1v) is 12.2. The minimum absolute atomic E-state index is 0.352. The summed E-state index contributed by atoms with van der Waals surface area (Å²) in [4.78, 5) is 53.4. The summed E-state index contributed by atoms with van der Waals surface area (Å²) in [5.74, 6) is -0.571. The summed E-state index contributed by atoms with van der Waals surface area (Å²) in [5, 5.41) is 5.22. The van der Waals surface area contributed by atoms with E-state index in [9.17, 15) is 14.4 Å². The van der Waals surface area contributed by atoms with Gasteiger partial charge in [-0.2, -0.15) is 4.48 Å². The highest BCUT2D eigenvalue weighted by Gasteiger charge is 2.48.